The molecule has 0 aliphatic carbocycles. The molecule has 2 aromatic carbocycles. The first-order valence-corrected chi connectivity index (χ1v) is 7.68. The molecule has 0 saturated heterocycles. The first-order valence-electron chi connectivity index (χ1n) is 7.68. The van der Waals surface area contributed by atoms with Crippen LogP contribution in [0.4, 0.5) is 0 Å². The van der Waals surface area contributed by atoms with Crippen LogP contribution in [0.1, 0.15) is 37.4 Å². The Kier molecular flexibility index (Phi) is 5.58. The van der Waals surface area contributed by atoms with Crippen LogP contribution in [-0.4, -0.2) is 30.6 Å². The summed E-state index contributed by atoms with van der Waals surface area (Å²) >= 11 is 0. The van der Waals surface area contributed by atoms with E-state index >= 15 is 0 Å². The number of carbonyl (C=O) groups is 2. The van der Waals surface area contributed by atoms with Crippen LogP contribution >= 0.6 is 0 Å². The highest BCUT2D eigenvalue weighted by atomic mass is 16.5. The summed E-state index contributed by atoms with van der Waals surface area (Å²) in [6, 6.07) is 10.4. The molecule has 2 aromatic rings. The lowest BCUT2D eigenvalue weighted by Gasteiger charge is -2.11. The molecule has 0 saturated carbocycles. The average molecular weight is 327 g/mol. The van der Waals surface area contributed by atoms with Crippen LogP contribution in [0, 0.1) is 13.8 Å². The van der Waals surface area contributed by atoms with Gasteiger partial charge in [0.1, 0.15) is 5.75 Å². The molecule has 2 N–H and O–H groups in total. The molecule has 0 fully saturated rings. The van der Waals surface area contributed by atoms with E-state index in [1.165, 1.54) is 19.2 Å². The first kappa shape index (κ1) is 17.5. The molecule has 0 atom stereocenters. The molecule has 0 bridgehead atoms. The molecule has 0 aliphatic rings. The Bertz CT molecular complexity index is 768. The van der Waals surface area contributed by atoms with Gasteiger partial charge >= 0.3 is 5.97 Å². The highest BCUT2D eigenvalue weighted by Crippen LogP contribution is 2.20. The van der Waals surface area contributed by atoms with E-state index in [0.717, 1.165) is 16.7 Å². The smallest absolute Gasteiger partial charge is 0.335 e. The van der Waals surface area contributed by atoms with Crippen LogP contribution in [0.15, 0.2) is 36.4 Å². The van der Waals surface area contributed by atoms with Crippen LogP contribution in [0.3, 0.4) is 0 Å². The van der Waals surface area contributed by atoms with Crippen molar-refractivity contribution in [2.75, 3.05) is 13.7 Å². The van der Waals surface area contributed by atoms with Gasteiger partial charge in [0.25, 0.3) is 5.91 Å². The summed E-state index contributed by atoms with van der Waals surface area (Å²) in [4.78, 5) is 23.2. The Labute approximate surface area is 141 Å². The molecule has 24 heavy (non-hydrogen) atoms. The summed E-state index contributed by atoms with van der Waals surface area (Å²) in [5, 5.41) is 11.9. The Balaban J connectivity index is 2.01. The SMILES string of the molecule is COc1cc(C(=O)O)ccc1CCNC(=O)c1ccc(C)cc1C. The van der Waals surface area contributed by atoms with Crippen molar-refractivity contribution >= 4 is 11.9 Å². The first-order chi connectivity index (χ1) is 11.4. The summed E-state index contributed by atoms with van der Waals surface area (Å²) in [5.74, 6) is -0.604. The topological polar surface area (TPSA) is 75.6 Å². The molecule has 2 rings (SSSR count). The maximum Gasteiger partial charge on any atom is 0.335 e. The quantitative estimate of drug-likeness (QED) is 0.855. The van der Waals surface area contributed by atoms with E-state index in [1.807, 2.05) is 32.0 Å². The van der Waals surface area contributed by atoms with Crippen LogP contribution in [0.5, 0.6) is 5.75 Å². The van der Waals surface area contributed by atoms with Crippen LogP contribution in [0.25, 0.3) is 0 Å². The summed E-state index contributed by atoms with van der Waals surface area (Å²) in [7, 11) is 1.50. The second kappa shape index (κ2) is 7.64. The molecular formula is C19H21NO4. The number of amides is 1. The summed E-state index contributed by atoms with van der Waals surface area (Å²) in [6.07, 6.45) is 0.555. The number of carboxylic acids is 1. The molecule has 0 unspecified atom stereocenters. The highest BCUT2D eigenvalue weighted by Gasteiger charge is 2.11. The van der Waals surface area contributed by atoms with E-state index in [4.69, 9.17) is 9.84 Å². The number of ether oxygens (including phenoxy) is 1. The number of carbonyl (C=O) groups excluding carboxylic acids is 1. The van der Waals surface area contributed by atoms with E-state index in [2.05, 4.69) is 5.32 Å². The largest absolute Gasteiger partial charge is 0.496 e. The van der Waals surface area contributed by atoms with Gasteiger partial charge < -0.3 is 15.2 Å². The van der Waals surface area contributed by atoms with E-state index in [9.17, 15) is 9.59 Å². The van der Waals surface area contributed by atoms with Gasteiger partial charge in [-0.15, -0.1) is 0 Å². The molecule has 0 aromatic heterocycles. The van der Waals surface area contributed by atoms with Gasteiger partial charge in [-0.25, -0.2) is 4.79 Å². The minimum atomic E-state index is -0.997. The van der Waals surface area contributed by atoms with Crippen molar-refractivity contribution in [2.24, 2.45) is 0 Å². The van der Waals surface area contributed by atoms with Crippen LogP contribution < -0.4 is 10.1 Å². The van der Waals surface area contributed by atoms with Gasteiger partial charge in [0.15, 0.2) is 0 Å². The summed E-state index contributed by atoms with van der Waals surface area (Å²) in [6.45, 7) is 4.34. The Morgan fingerprint density at radius 1 is 1.12 bits per heavy atom. The van der Waals surface area contributed by atoms with Gasteiger partial charge in [-0.1, -0.05) is 23.8 Å². The number of benzene rings is 2. The molecule has 0 radical (unpaired) electrons. The third-order valence-electron chi connectivity index (χ3n) is 3.84. The molecule has 0 heterocycles. The van der Waals surface area contributed by atoms with Gasteiger partial charge in [-0.05, 0) is 49.6 Å². The zero-order valence-electron chi connectivity index (χ0n) is 14.1. The van der Waals surface area contributed by atoms with Crippen molar-refractivity contribution in [3.8, 4) is 5.75 Å². The Morgan fingerprint density at radius 2 is 1.88 bits per heavy atom. The number of hydrogen-bond donors (Lipinski definition) is 2. The molecule has 0 aliphatic heterocycles. The predicted molar refractivity (Wildman–Crippen MR) is 91.9 cm³/mol. The Morgan fingerprint density at radius 3 is 2.50 bits per heavy atom. The zero-order valence-corrected chi connectivity index (χ0v) is 14.1. The maximum absolute atomic E-state index is 12.2. The van der Waals surface area contributed by atoms with Crippen LogP contribution in [-0.2, 0) is 6.42 Å². The molecule has 0 spiro atoms. The van der Waals surface area contributed by atoms with Crippen molar-refractivity contribution in [1.29, 1.82) is 0 Å². The van der Waals surface area contributed by atoms with E-state index < -0.39 is 5.97 Å². The van der Waals surface area contributed by atoms with Crippen molar-refractivity contribution in [3.63, 3.8) is 0 Å². The maximum atomic E-state index is 12.2. The van der Waals surface area contributed by atoms with Gasteiger partial charge in [-0.2, -0.15) is 0 Å². The lowest BCUT2D eigenvalue weighted by atomic mass is 10.0. The van der Waals surface area contributed by atoms with Crippen molar-refractivity contribution < 1.29 is 19.4 Å². The molecule has 126 valence electrons. The van der Waals surface area contributed by atoms with Gasteiger partial charge in [-0.3, -0.25) is 4.79 Å². The summed E-state index contributed by atoms with van der Waals surface area (Å²) in [5.41, 5.74) is 3.75. The average Bonchev–Trinajstić information content (AvgIpc) is 2.54. The lowest BCUT2D eigenvalue weighted by Crippen LogP contribution is -2.26. The van der Waals surface area contributed by atoms with Gasteiger partial charge in [0, 0.05) is 12.1 Å². The standard InChI is InChI=1S/C19H21NO4/c1-12-4-7-16(13(2)10-12)18(21)20-9-8-14-5-6-15(19(22)23)11-17(14)24-3/h4-7,10-11H,8-9H2,1-3H3,(H,20,21)(H,22,23). The van der Waals surface area contributed by atoms with Gasteiger partial charge in [0.05, 0.1) is 12.7 Å². The Hall–Kier alpha value is -2.82. The minimum absolute atomic E-state index is 0.117. The van der Waals surface area contributed by atoms with E-state index in [1.54, 1.807) is 6.07 Å². The minimum Gasteiger partial charge on any atom is -0.496 e. The normalized spacial score (nSPS) is 10.3. The molecule has 1 amide bonds. The monoisotopic (exact) mass is 327 g/mol. The fourth-order valence-electron chi connectivity index (χ4n) is 2.56. The third kappa shape index (κ3) is 4.13. The number of aryl methyl sites for hydroxylation is 2. The third-order valence-corrected chi connectivity index (χ3v) is 3.84. The number of aromatic carboxylic acids is 1. The lowest BCUT2D eigenvalue weighted by molar-refractivity contribution is 0.0696. The number of rotatable bonds is 6. The zero-order chi connectivity index (χ0) is 17.7. The number of carboxylic acid groups (broad SMARTS) is 1. The highest BCUT2D eigenvalue weighted by molar-refractivity contribution is 5.95. The number of hydrogen-bond acceptors (Lipinski definition) is 3. The molecule has 5 heteroatoms. The number of methoxy groups -OCH3 is 1. The fourth-order valence-corrected chi connectivity index (χ4v) is 2.56. The van der Waals surface area contributed by atoms with Crippen LogP contribution in [0.2, 0.25) is 0 Å². The number of nitrogens with one attached hydrogen (secondary N) is 1. The molecular weight excluding hydrogens is 306 g/mol. The van der Waals surface area contributed by atoms with Crippen molar-refractivity contribution in [2.45, 2.75) is 20.3 Å². The van der Waals surface area contributed by atoms with Gasteiger partial charge in [0.2, 0.25) is 0 Å². The molecule has 5 nitrogen and oxygen atoms in total. The fraction of sp³-hybridized carbons (Fsp3) is 0.263. The predicted octanol–water partition coefficient (Wildman–Crippen LogP) is 2.98. The second-order valence-electron chi connectivity index (χ2n) is 5.66. The van der Waals surface area contributed by atoms with Crippen molar-refractivity contribution in [1.82, 2.24) is 5.32 Å². The van der Waals surface area contributed by atoms with E-state index in [0.29, 0.717) is 24.3 Å². The summed E-state index contributed by atoms with van der Waals surface area (Å²) < 4.78 is 5.23. The van der Waals surface area contributed by atoms with Crippen molar-refractivity contribution in [3.05, 3.63) is 64.2 Å². The van der Waals surface area contributed by atoms with E-state index in [-0.39, 0.29) is 11.5 Å². The second-order valence-corrected chi connectivity index (χ2v) is 5.66.